The van der Waals surface area contributed by atoms with Gasteiger partial charge in [0.15, 0.2) is 9.84 Å². The van der Waals surface area contributed by atoms with E-state index < -0.39 is 14.6 Å². The van der Waals surface area contributed by atoms with E-state index in [-0.39, 0.29) is 17.5 Å². The molecule has 0 spiro atoms. The summed E-state index contributed by atoms with van der Waals surface area (Å²) in [5, 5.41) is 10.1. The van der Waals surface area contributed by atoms with Gasteiger partial charge in [-0.15, -0.1) is 0 Å². The topological polar surface area (TPSA) is 122 Å². The molecule has 1 aliphatic rings. The molecule has 7 nitrogen and oxygen atoms in total. The number of hydrogen-bond acceptors (Lipinski definition) is 5. The summed E-state index contributed by atoms with van der Waals surface area (Å²) in [6.07, 6.45) is 1.11. The molecular formula is C15H21N3O4S. The molecule has 0 saturated heterocycles. The second-order valence-corrected chi connectivity index (χ2v) is 8.64. The van der Waals surface area contributed by atoms with Crippen molar-refractivity contribution in [3.8, 4) is 5.75 Å². The van der Waals surface area contributed by atoms with Gasteiger partial charge in [0.1, 0.15) is 16.3 Å². The van der Waals surface area contributed by atoms with E-state index in [1.807, 2.05) is 0 Å². The first-order valence-electron chi connectivity index (χ1n) is 7.23. The van der Waals surface area contributed by atoms with Crippen molar-refractivity contribution >= 4 is 27.8 Å². The first-order chi connectivity index (χ1) is 10.7. The molecule has 1 heterocycles. The maximum atomic E-state index is 12.6. The zero-order chi connectivity index (χ0) is 17.3. The van der Waals surface area contributed by atoms with Crippen molar-refractivity contribution in [2.24, 2.45) is 5.73 Å². The molecule has 0 bridgehead atoms. The summed E-state index contributed by atoms with van der Waals surface area (Å²) in [7, 11) is -3.62. The Morgan fingerprint density at radius 1 is 1.52 bits per heavy atom. The highest BCUT2D eigenvalue weighted by Crippen LogP contribution is 2.37. The quantitative estimate of drug-likeness (QED) is 0.409. The van der Waals surface area contributed by atoms with E-state index in [4.69, 9.17) is 15.9 Å². The van der Waals surface area contributed by atoms with Crippen LogP contribution < -0.4 is 15.8 Å². The van der Waals surface area contributed by atoms with Crippen LogP contribution in [0.25, 0.3) is 0 Å². The number of sulfone groups is 1. The Kier molecular flexibility index (Phi) is 4.65. The summed E-state index contributed by atoms with van der Waals surface area (Å²) >= 11 is 0. The van der Waals surface area contributed by atoms with E-state index >= 15 is 0 Å². The Balaban J connectivity index is 2.35. The van der Waals surface area contributed by atoms with E-state index in [0.29, 0.717) is 30.9 Å². The van der Waals surface area contributed by atoms with Gasteiger partial charge >= 0.3 is 0 Å². The van der Waals surface area contributed by atoms with Crippen LogP contribution in [0.2, 0.25) is 0 Å². The molecule has 1 aromatic carbocycles. The lowest BCUT2D eigenvalue weighted by Gasteiger charge is -2.30. The summed E-state index contributed by atoms with van der Waals surface area (Å²) in [6.45, 7) is 3.30. The number of benzene rings is 1. The second kappa shape index (κ2) is 6.19. The fourth-order valence-corrected chi connectivity index (χ4v) is 4.06. The Morgan fingerprint density at radius 3 is 2.83 bits per heavy atom. The number of hydrogen-bond donors (Lipinski definition) is 3. The zero-order valence-corrected chi connectivity index (χ0v) is 13.9. The highest BCUT2D eigenvalue weighted by atomic mass is 32.2. The molecule has 1 atom stereocenters. The first kappa shape index (κ1) is 17.3. The van der Waals surface area contributed by atoms with E-state index in [2.05, 4.69) is 5.32 Å². The van der Waals surface area contributed by atoms with Crippen molar-refractivity contribution in [2.45, 2.75) is 30.9 Å². The van der Waals surface area contributed by atoms with Gasteiger partial charge in [0.2, 0.25) is 6.41 Å². The number of amidine groups is 1. The molecule has 1 aromatic rings. The maximum absolute atomic E-state index is 12.6. The molecule has 23 heavy (non-hydrogen) atoms. The third kappa shape index (κ3) is 3.31. The Morgan fingerprint density at radius 2 is 2.22 bits per heavy atom. The van der Waals surface area contributed by atoms with Crippen molar-refractivity contribution in [1.82, 2.24) is 0 Å². The lowest BCUT2D eigenvalue weighted by Crippen LogP contribution is -2.47. The molecule has 0 aromatic heterocycles. The first-order valence-corrected chi connectivity index (χ1v) is 8.88. The molecule has 0 saturated carbocycles. The predicted octanol–water partition coefficient (Wildman–Crippen LogP) is 1.25. The number of amides is 1. The fourth-order valence-electron chi connectivity index (χ4n) is 2.44. The van der Waals surface area contributed by atoms with Gasteiger partial charge in [-0.25, -0.2) is 8.42 Å². The van der Waals surface area contributed by atoms with E-state index in [0.717, 1.165) is 5.56 Å². The van der Waals surface area contributed by atoms with Gasteiger partial charge in [-0.3, -0.25) is 10.2 Å². The van der Waals surface area contributed by atoms with Crippen molar-refractivity contribution in [2.75, 3.05) is 17.7 Å². The molecule has 1 amide bonds. The molecule has 4 N–H and O–H groups in total. The zero-order valence-electron chi connectivity index (χ0n) is 13.1. The Labute approximate surface area is 135 Å². The van der Waals surface area contributed by atoms with Crippen LogP contribution in [0.5, 0.6) is 5.75 Å². The van der Waals surface area contributed by atoms with Gasteiger partial charge in [0, 0.05) is 17.2 Å². The van der Waals surface area contributed by atoms with Crippen LogP contribution in [0, 0.1) is 5.41 Å². The minimum absolute atomic E-state index is 0.125. The van der Waals surface area contributed by atoms with Crippen LogP contribution in [0.1, 0.15) is 31.7 Å². The number of anilines is 1. The normalized spacial score (nSPS) is 17.7. The second-order valence-electron chi connectivity index (χ2n) is 6.05. The van der Waals surface area contributed by atoms with Gasteiger partial charge in [0.25, 0.3) is 0 Å². The molecule has 2 rings (SSSR count). The number of fused-ring (bicyclic) bond motifs is 1. The largest absolute Gasteiger partial charge is 0.493 e. The van der Waals surface area contributed by atoms with E-state index in [1.165, 1.54) is 13.8 Å². The standard InChI is InChI=1S/C15H21N3O4S/c1-15(2,14(16)17)23(20,21)8-10-5-6-22-13-4-3-11(18-9-19)7-12(10)13/h3-4,7,9-10H,5-6,8H2,1-2H3,(H3,16,17)(H,18,19). The van der Waals surface area contributed by atoms with Gasteiger partial charge < -0.3 is 15.8 Å². The number of nitrogens with two attached hydrogens (primary N) is 1. The molecule has 0 fully saturated rings. The lowest BCUT2D eigenvalue weighted by atomic mass is 9.94. The smallest absolute Gasteiger partial charge is 0.211 e. The van der Waals surface area contributed by atoms with Crippen LogP contribution in [-0.4, -0.2) is 37.8 Å². The SMILES string of the molecule is CC(C)(C(=N)N)S(=O)(=O)CC1CCOc2ccc(NC=O)cc21. The summed E-state index contributed by atoms with van der Waals surface area (Å²) in [5.41, 5.74) is 6.77. The van der Waals surface area contributed by atoms with Crippen LogP contribution in [0.15, 0.2) is 18.2 Å². The summed E-state index contributed by atoms with van der Waals surface area (Å²) in [5.74, 6) is -0.147. The molecule has 0 radical (unpaired) electrons. The minimum Gasteiger partial charge on any atom is -0.493 e. The highest BCUT2D eigenvalue weighted by molar-refractivity contribution is 7.93. The maximum Gasteiger partial charge on any atom is 0.211 e. The summed E-state index contributed by atoms with van der Waals surface area (Å²) < 4.78 is 29.4. The Bertz CT molecular complexity index is 728. The van der Waals surface area contributed by atoms with Crippen molar-refractivity contribution in [1.29, 1.82) is 5.41 Å². The van der Waals surface area contributed by atoms with Gasteiger partial charge in [0.05, 0.1) is 12.4 Å². The van der Waals surface area contributed by atoms with Crippen LogP contribution >= 0.6 is 0 Å². The average Bonchev–Trinajstić information content (AvgIpc) is 2.47. The van der Waals surface area contributed by atoms with E-state index in [9.17, 15) is 13.2 Å². The summed E-state index contributed by atoms with van der Waals surface area (Å²) in [4.78, 5) is 10.6. The highest BCUT2D eigenvalue weighted by Gasteiger charge is 2.40. The monoisotopic (exact) mass is 339 g/mol. The molecule has 1 unspecified atom stereocenters. The molecule has 126 valence electrons. The molecule has 1 aliphatic heterocycles. The Hall–Kier alpha value is -2.09. The number of carbonyl (C=O) groups excluding carboxylic acids is 1. The lowest BCUT2D eigenvalue weighted by molar-refractivity contribution is -0.105. The molecule has 0 aliphatic carbocycles. The van der Waals surface area contributed by atoms with Gasteiger partial charge in [-0.05, 0) is 38.5 Å². The number of nitrogens with one attached hydrogen (secondary N) is 2. The summed E-state index contributed by atoms with van der Waals surface area (Å²) in [6, 6.07) is 5.14. The molecular weight excluding hydrogens is 318 g/mol. The van der Waals surface area contributed by atoms with Crippen LogP contribution in [-0.2, 0) is 14.6 Å². The third-order valence-corrected chi connectivity index (χ3v) is 6.86. The van der Waals surface area contributed by atoms with E-state index in [1.54, 1.807) is 18.2 Å². The predicted molar refractivity (Wildman–Crippen MR) is 88.8 cm³/mol. The van der Waals surface area contributed by atoms with Crippen LogP contribution in [0.4, 0.5) is 5.69 Å². The number of carbonyl (C=O) groups is 1. The van der Waals surface area contributed by atoms with Crippen molar-refractivity contribution < 1.29 is 17.9 Å². The molecule has 8 heteroatoms. The minimum atomic E-state index is -3.62. The van der Waals surface area contributed by atoms with Crippen LogP contribution in [0.3, 0.4) is 0 Å². The third-order valence-electron chi connectivity index (χ3n) is 4.25. The van der Waals surface area contributed by atoms with Gasteiger partial charge in [-0.2, -0.15) is 0 Å². The fraction of sp³-hybridized carbons (Fsp3) is 0.467. The number of rotatable bonds is 6. The number of ether oxygens (including phenoxy) is 1. The van der Waals surface area contributed by atoms with Crippen molar-refractivity contribution in [3.05, 3.63) is 23.8 Å². The van der Waals surface area contributed by atoms with Crippen molar-refractivity contribution in [3.63, 3.8) is 0 Å². The average molecular weight is 339 g/mol. The van der Waals surface area contributed by atoms with Gasteiger partial charge in [-0.1, -0.05) is 0 Å².